The second-order valence-corrected chi connectivity index (χ2v) is 6.52. The molecule has 0 saturated heterocycles. The van der Waals surface area contributed by atoms with E-state index >= 15 is 0 Å². The van der Waals surface area contributed by atoms with E-state index in [0.717, 1.165) is 6.26 Å². The lowest BCUT2D eigenvalue weighted by atomic mass is 10.2. The summed E-state index contributed by atoms with van der Waals surface area (Å²) in [5, 5.41) is 13.6. The second kappa shape index (κ2) is 6.12. The Bertz CT molecular complexity index is 545. The summed E-state index contributed by atoms with van der Waals surface area (Å²) in [6.07, 6.45) is 1.15. The first-order chi connectivity index (χ1) is 8.29. The van der Waals surface area contributed by atoms with Gasteiger partial charge in [0.25, 0.3) is 5.69 Å². The fraction of sp³-hybridized carbons (Fsp3) is 0.400. The van der Waals surface area contributed by atoms with E-state index in [1.165, 1.54) is 12.1 Å². The molecule has 0 radical (unpaired) electrons. The molecule has 1 rings (SSSR count). The molecule has 0 saturated carbocycles. The number of hydrogen-bond acceptors (Lipinski definition) is 5. The van der Waals surface area contributed by atoms with Crippen LogP contribution in [0.25, 0.3) is 0 Å². The summed E-state index contributed by atoms with van der Waals surface area (Å²) in [6.45, 7) is 0.656. The third-order valence-corrected chi connectivity index (χ3v) is 3.45. The van der Waals surface area contributed by atoms with Gasteiger partial charge in [-0.15, -0.1) is 0 Å². The van der Waals surface area contributed by atoms with Crippen molar-refractivity contribution in [3.63, 3.8) is 0 Å². The van der Waals surface area contributed by atoms with Gasteiger partial charge in [0, 0.05) is 25.4 Å². The Balaban J connectivity index is 2.58. The zero-order valence-corrected chi connectivity index (χ0v) is 11.3. The van der Waals surface area contributed by atoms with Gasteiger partial charge in [-0.3, -0.25) is 10.1 Å². The first-order valence-electron chi connectivity index (χ1n) is 5.11. The van der Waals surface area contributed by atoms with Crippen LogP contribution in [0.5, 0.6) is 0 Å². The van der Waals surface area contributed by atoms with E-state index in [4.69, 9.17) is 11.6 Å². The maximum Gasteiger partial charge on any atom is 0.288 e. The molecule has 0 aliphatic heterocycles. The molecule has 1 aromatic rings. The molecular weight excluding hydrogens is 280 g/mol. The van der Waals surface area contributed by atoms with E-state index < -0.39 is 14.8 Å². The Morgan fingerprint density at radius 1 is 1.44 bits per heavy atom. The molecule has 0 amide bonds. The molecule has 0 unspecified atom stereocenters. The highest BCUT2D eigenvalue weighted by Crippen LogP contribution is 2.24. The van der Waals surface area contributed by atoms with Crippen LogP contribution >= 0.6 is 11.6 Å². The number of nitrogens with one attached hydrogen (secondary N) is 1. The Morgan fingerprint density at radius 3 is 2.67 bits per heavy atom. The maximum absolute atomic E-state index is 10.9. The molecule has 18 heavy (non-hydrogen) atoms. The van der Waals surface area contributed by atoms with Crippen LogP contribution < -0.4 is 5.32 Å². The molecule has 6 nitrogen and oxygen atoms in total. The van der Waals surface area contributed by atoms with Gasteiger partial charge in [0.05, 0.1) is 10.7 Å². The molecule has 1 N–H and O–H groups in total. The molecule has 0 aliphatic rings. The number of hydrogen-bond donors (Lipinski definition) is 1. The van der Waals surface area contributed by atoms with Crippen LogP contribution in [0.4, 0.5) is 5.69 Å². The summed E-state index contributed by atoms with van der Waals surface area (Å²) >= 11 is 5.67. The largest absolute Gasteiger partial charge is 0.312 e. The molecule has 0 aliphatic carbocycles. The van der Waals surface area contributed by atoms with Crippen LogP contribution in [0.1, 0.15) is 5.56 Å². The number of sulfone groups is 1. The van der Waals surface area contributed by atoms with Crippen molar-refractivity contribution in [2.24, 2.45) is 0 Å². The van der Waals surface area contributed by atoms with Crippen molar-refractivity contribution in [2.75, 3.05) is 18.6 Å². The molecule has 1 aromatic carbocycles. The van der Waals surface area contributed by atoms with Crippen molar-refractivity contribution in [1.29, 1.82) is 0 Å². The minimum atomic E-state index is -3.00. The first kappa shape index (κ1) is 14.9. The molecule has 0 heterocycles. The lowest BCUT2D eigenvalue weighted by molar-refractivity contribution is -0.384. The average Bonchev–Trinajstić information content (AvgIpc) is 2.24. The lowest BCUT2D eigenvalue weighted by Crippen LogP contribution is -2.21. The van der Waals surface area contributed by atoms with E-state index in [9.17, 15) is 18.5 Å². The van der Waals surface area contributed by atoms with E-state index in [-0.39, 0.29) is 16.5 Å². The minimum Gasteiger partial charge on any atom is -0.312 e. The first-order valence-corrected chi connectivity index (χ1v) is 7.55. The summed E-state index contributed by atoms with van der Waals surface area (Å²) < 4.78 is 21.8. The number of halogens is 1. The molecule has 0 atom stereocenters. The third kappa shape index (κ3) is 4.99. The summed E-state index contributed by atoms with van der Waals surface area (Å²) in [4.78, 5) is 10.1. The van der Waals surface area contributed by atoms with Gasteiger partial charge in [0.2, 0.25) is 0 Å². The highest BCUT2D eigenvalue weighted by Gasteiger charge is 2.12. The van der Waals surface area contributed by atoms with Crippen LogP contribution in [-0.4, -0.2) is 31.9 Å². The fourth-order valence-corrected chi connectivity index (χ4v) is 2.00. The third-order valence-electron chi connectivity index (χ3n) is 2.19. The van der Waals surface area contributed by atoms with Crippen molar-refractivity contribution in [3.8, 4) is 0 Å². The molecule has 8 heteroatoms. The van der Waals surface area contributed by atoms with Crippen molar-refractivity contribution in [2.45, 2.75) is 6.54 Å². The Hall–Kier alpha value is -1.18. The summed E-state index contributed by atoms with van der Waals surface area (Å²) in [7, 11) is -3.00. The Kier molecular flexibility index (Phi) is 5.06. The monoisotopic (exact) mass is 292 g/mol. The van der Waals surface area contributed by atoms with Crippen LogP contribution in [0, 0.1) is 10.1 Å². The normalized spacial score (nSPS) is 11.4. The highest BCUT2D eigenvalue weighted by molar-refractivity contribution is 7.90. The summed E-state index contributed by atoms with van der Waals surface area (Å²) in [5.41, 5.74) is 0.527. The quantitative estimate of drug-likeness (QED) is 0.486. The second-order valence-electron chi connectivity index (χ2n) is 3.85. The number of nitro groups is 1. The Labute approximate surface area is 110 Å². The predicted octanol–water partition coefficient (Wildman–Crippen LogP) is 1.38. The van der Waals surface area contributed by atoms with E-state index in [1.807, 2.05) is 0 Å². The Morgan fingerprint density at radius 2 is 2.11 bits per heavy atom. The average molecular weight is 293 g/mol. The predicted molar refractivity (Wildman–Crippen MR) is 69.5 cm³/mol. The standard InChI is InChI=1S/C10H13ClN2O4S/c1-18(16,17)5-4-12-7-8-2-3-9(11)10(6-8)13(14)15/h2-3,6,12H,4-5,7H2,1H3. The van der Waals surface area contributed by atoms with Gasteiger partial charge in [0.15, 0.2) is 0 Å². The maximum atomic E-state index is 10.9. The molecular formula is C10H13ClN2O4S. The van der Waals surface area contributed by atoms with Crippen LogP contribution in [0.3, 0.4) is 0 Å². The van der Waals surface area contributed by atoms with Crippen LogP contribution in [0.2, 0.25) is 5.02 Å². The molecule has 0 spiro atoms. The summed E-state index contributed by atoms with van der Waals surface area (Å²) in [5.74, 6) is 0.0304. The van der Waals surface area contributed by atoms with E-state index in [0.29, 0.717) is 18.7 Å². The van der Waals surface area contributed by atoms with Crippen molar-refractivity contribution in [3.05, 3.63) is 38.9 Å². The summed E-state index contributed by atoms with van der Waals surface area (Å²) in [6, 6.07) is 4.48. The van der Waals surface area contributed by atoms with Crippen molar-refractivity contribution >= 4 is 27.1 Å². The van der Waals surface area contributed by atoms with Gasteiger partial charge < -0.3 is 5.32 Å². The van der Waals surface area contributed by atoms with E-state index in [1.54, 1.807) is 6.07 Å². The topological polar surface area (TPSA) is 89.3 Å². The van der Waals surface area contributed by atoms with Crippen LogP contribution in [-0.2, 0) is 16.4 Å². The van der Waals surface area contributed by atoms with Gasteiger partial charge in [0.1, 0.15) is 14.9 Å². The van der Waals surface area contributed by atoms with Crippen molar-refractivity contribution < 1.29 is 13.3 Å². The van der Waals surface area contributed by atoms with Gasteiger partial charge in [-0.05, 0) is 11.6 Å². The van der Waals surface area contributed by atoms with Gasteiger partial charge in [-0.2, -0.15) is 0 Å². The van der Waals surface area contributed by atoms with Gasteiger partial charge >= 0.3 is 0 Å². The molecule has 100 valence electrons. The van der Waals surface area contributed by atoms with Gasteiger partial charge in [-0.1, -0.05) is 17.7 Å². The van der Waals surface area contributed by atoms with E-state index in [2.05, 4.69) is 5.32 Å². The number of rotatable bonds is 6. The highest BCUT2D eigenvalue weighted by atomic mass is 35.5. The smallest absolute Gasteiger partial charge is 0.288 e. The van der Waals surface area contributed by atoms with Crippen molar-refractivity contribution in [1.82, 2.24) is 5.32 Å². The van der Waals surface area contributed by atoms with Gasteiger partial charge in [-0.25, -0.2) is 8.42 Å². The molecule has 0 bridgehead atoms. The molecule has 0 aromatic heterocycles. The zero-order chi connectivity index (χ0) is 13.8. The number of benzene rings is 1. The SMILES string of the molecule is CS(=O)(=O)CCNCc1ccc(Cl)c([N+](=O)[O-])c1. The number of nitrogens with zero attached hydrogens (tertiary/aromatic N) is 1. The minimum absolute atomic E-state index is 0.0304. The lowest BCUT2D eigenvalue weighted by Gasteiger charge is -2.04. The zero-order valence-electron chi connectivity index (χ0n) is 9.72. The number of nitro benzene ring substituents is 1. The fourth-order valence-electron chi connectivity index (χ4n) is 1.30. The van der Waals surface area contributed by atoms with Crippen LogP contribution in [0.15, 0.2) is 18.2 Å². The molecule has 0 fully saturated rings.